The van der Waals surface area contributed by atoms with Crippen molar-refractivity contribution in [3.05, 3.63) is 30.3 Å². The topological polar surface area (TPSA) is 85.8 Å². The maximum Gasteiger partial charge on any atom is 0.224 e. The summed E-state index contributed by atoms with van der Waals surface area (Å²) >= 11 is 1.55. The summed E-state index contributed by atoms with van der Waals surface area (Å²) < 4.78 is 14.7. The number of nitrogens with one attached hydrogen (secondary N) is 1. The van der Waals surface area contributed by atoms with E-state index in [0.29, 0.717) is 18.5 Å². The van der Waals surface area contributed by atoms with Gasteiger partial charge in [0, 0.05) is 24.9 Å². The number of aromatic nitrogens is 3. The number of rotatable bonds is 6. The molecule has 0 atom stereocenters. The number of halogens is 1. The number of thioether (sulfide) groups is 1. The third-order valence-electron chi connectivity index (χ3n) is 2.73. The second kappa shape index (κ2) is 7.07. The predicted molar refractivity (Wildman–Crippen MR) is 80.4 cm³/mol. The molecule has 0 spiro atoms. The summed E-state index contributed by atoms with van der Waals surface area (Å²) in [5.41, 5.74) is 5.96. The smallest absolute Gasteiger partial charge is 0.224 e. The molecule has 8 heteroatoms. The van der Waals surface area contributed by atoms with Gasteiger partial charge < -0.3 is 11.1 Å². The normalized spacial score (nSPS) is 10.6. The van der Waals surface area contributed by atoms with E-state index in [1.54, 1.807) is 16.4 Å². The van der Waals surface area contributed by atoms with E-state index in [1.807, 2.05) is 7.05 Å². The van der Waals surface area contributed by atoms with Crippen LogP contribution in [-0.4, -0.2) is 26.4 Å². The molecule has 3 N–H and O–H groups in total. The van der Waals surface area contributed by atoms with Crippen molar-refractivity contribution in [1.29, 1.82) is 0 Å². The van der Waals surface area contributed by atoms with Crippen molar-refractivity contribution in [3.63, 3.8) is 0 Å². The van der Waals surface area contributed by atoms with Crippen molar-refractivity contribution < 1.29 is 9.18 Å². The summed E-state index contributed by atoms with van der Waals surface area (Å²) in [4.78, 5) is 15.8. The van der Waals surface area contributed by atoms with Gasteiger partial charge in [0.25, 0.3) is 0 Å². The first kappa shape index (κ1) is 15.3. The van der Waals surface area contributed by atoms with Crippen molar-refractivity contribution in [3.8, 4) is 0 Å². The highest BCUT2D eigenvalue weighted by Gasteiger charge is 2.06. The summed E-state index contributed by atoms with van der Waals surface area (Å²) in [5.74, 6) is 0.151. The zero-order valence-electron chi connectivity index (χ0n) is 11.5. The van der Waals surface area contributed by atoms with Gasteiger partial charge in [-0.05, 0) is 24.6 Å². The highest BCUT2D eigenvalue weighted by molar-refractivity contribution is 7.99. The quantitative estimate of drug-likeness (QED) is 0.484. The number of carbonyl (C=O) groups is 1. The number of hydrogen-bond acceptors (Lipinski definition) is 5. The molecule has 0 aliphatic rings. The molecule has 1 heterocycles. The standard InChI is InChI=1S/C13H16FN5OS/c1-19-13(16-8-17-19)21-6-2-3-12(20)18-9-4-5-10(14)11(15)7-9/h4-5,7-8H,2-3,6,15H2,1H3,(H,18,20). The van der Waals surface area contributed by atoms with Crippen LogP contribution in [0.25, 0.3) is 0 Å². The molecule has 6 nitrogen and oxygen atoms in total. The third kappa shape index (κ3) is 4.45. The first-order valence-corrected chi connectivity index (χ1v) is 7.36. The molecule has 0 saturated carbocycles. The number of hydrogen-bond donors (Lipinski definition) is 2. The van der Waals surface area contributed by atoms with E-state index in [1.165, 1.54) is 24.5 Å². The van der Waals surface area contributed by atoms with Gasteiger partial charge in [-0.3, -0.25) is 4.79 Å². The van der Waals surface area contributed by atoms with E-state index < -0.39 is 5.82 Å². The average molecular weight is 309 g/mol. The molecule has 2 aromatic rings. The zero-order chi connectivity index (χ0) is 15.2. The van der Waals surface area contributed by atoms with Crippen LogP contribution in [0.15, 0.2) is 29.7 Å². The Labute approximate surface area is 125 Å². The number of amides is 1. The Kier molecular flexibility index (Phi) is 5.15. The third-order valence-corrected chi connectivity index (χ3v) is 3.85. The minimum atomic E-state index is -0.493. The number of anilines is 2. The maximum absolute atomic E-state index is 13.0. The van der Waals surface area contributed by atoms with E-state index in [0.717, 1.165) is 10.9 Å². The maximum atomic E-state index is 13.0. The van der Waals surface area contributed by atoms with Crippen LogP contribution in [0.3, 0.4) is 0 Å². The molecule has 0 saturated heterocycles. The zero-order valence-corrected chi connectivity index (χ0v) is 12.4. The molecule has 0 bridgehead atoms. The molecule has 0 aliphatic carbocycles. The van der Waals surface area contributed by atoms with Gasteiger partial charge in [0.2, 0.25) is 5.91 Å². The van der Waals surface area contributed by atoms with E-state index in [2.05, 4.69) is 15.4 Å². The molecule has 1 aromatic heterocycles. The minimum Gasteiger partial charge on any atom is -0.396 e. The van der Waals surface area contributed by atoms with Gasteiger partial charge in [-0.1, -0.05) is 11.8 Å². The second-order valence-corrected chi connectivity index (χ2v) is 5.46. The number of carbonyl (C=O) groups excluding carboxylic acids is 1. The number of benzene rings is 1. The summed E-state index contributed by atoms with van der Waals surface area (Å²) in [6.45, 7) is 0. The van der Waals surface area contributed by atoms with Crippen LogP contribution in [0, 0.1) is 5.82 Å². The van der Waals surface area contributed by atoms with Crippen LogP contribution in [0.4, 0.5) is 15.8 Å². The fourth-order valence-electron chi connectivity index (χ4n) is 1.66. The summed E-state index contributed by atoms with van der Waals surface area (Å²) in [6.07, 6.45) is 2.58. The summed E-state index contributed by atoms with van der Waals surface area (Å²) in [7, 11) is 1.82. The van der Waals surface area contributed by atoms with Crippen LogP contribution in [0.1, 0.15) is 12.8 Å². The largest absolute Gasteiger partial charge is 0.396 e. The SMILES string of the molecule is Cn1ncnc1SCCCC(=O)Nc1ccc(F)c(N)c1. The van der Waals surface area contributed by atoms with Gasteiger partial charge >= 0.3 is 0 Å². The van der Waals surface area contributed by atoms with Gasteiger partial charge in [-0.2, -0.15) is 5.10 Å². The van der Waals surface area contributed by atoms with E-state index in [-0.39, 0.29) is 11.6 Å². The van der Waals surface area contributed by atoms with Crippen LogP contribution in [-0.2, 0) is 11.8 Å². The Morgan fingerprint density at radius 1 is 1.52 bits per heavy atom. The fourth-order valence-corrected chi connectivity index (χ4v) is 2.48. The molecule has 1 aromatic carbocycles. The highest BCUT2D eigenvalue weighted by Crippen LogP contribution is 2.18. The average Bonchev–Trinajstić information content (AvgIpc) is 2.85. The van der Waals surface area contributed by atoms with Gasteiger partial charge in [0.15, 0.2) is 5.16 Å². The van der Waals surface area contributed by atoms with Crippen LogP contribution in [0.5, 0.6) is 0 Å². The van der Waals surface area contributed by atoms with Gasteiger partial charge in [-0.25, -0.2) is 14.1 Å². The first-order chi connectivity index (χ1) is 10.1. The summed E-state index contributed by atoms with van der Waals surface area (Å²) in [6, 6.07) is 4.12. The number of nitrogens with two attached hydrogens (primary N) is 1. The molecule has 21 heavy (non-hydrogen) atoms. The van der Waals surface area contributed by atoms with Crippen molar-refractivity contribution in [1.82, 2.24) is 14.8 Å². The molecule has 0 unspecified atom stereocenters. The Hall–Kier alpha value is -2.09. The van der Waals surface area contributed by atoms with Crippen LogP contribution >= 0.6 is 11.8 Å². The molecule has 2 rings (SSSR count). The van der Waals surface area contributed by atoms with Crippen molar-refractivity contribution in [2.45, 2.75) is 18.0 Å². The Balaban J connectivity index is 1.72. The second-order valence-electron chi connectivity index (χ2n) is 4.40. The Morgan fingerprint density at radius 2 is 2.33 bits per heavy atom. The highest BCUT2D eigenvalue weighted by atomic mass is 32.2. The van der Waals surface area contributed by atoms with Gasteiger partial charge in [0.1, 0.15) is 12.1 Å². The molecule has 112 valence electrons. The van der Waals surface area contributed by atoms with Gasteiger partial charge in [0.05, 0.1) is 5.69 Å². The van der Waals surface area contributed by atoms with Crippen molar-refractivity contribution in [2.75, 3.05) is 16.8 Å². The van der Waals surface area contributed by atoms with Crippen LogP contribution < -0.4 is 11.1 Å². The lowest BCUT2D eigenvalue weighted by molar-refractivity contribution is -0.116. The molecule has 1 amide bonds. The summed E-state index contributed by atoms with van der Waals surface area (Å²) in [5, 5.41) is 7.47. The first-order valence-electron chi connectivity index (χ1n) is 6.38. The molecular weight excluding hydrogens is 293 g/mol. The number of aryl methyl sites for hydroxylation is 1. The Bertz CT molecular complexity index is 631. The number of nitrogen functional groups attached to an aromatic ring is 1. The Morgan fingerprint density at radius 3 is 3.00 bits per heavy atom. The minimum absolute atomic E-state index is 0.0191. The predicted octanol–water partition coefficient (Wildman–Crippen LogP) is 2.05. The van der Waals surface area contributed by atoms with Crippen molar-refractivity contribution in [2.24, 2.45) is 7.05 Å². The van der Waals surface area contributed by atoms with E-state index in [4.69, 9.17) is 5.73 Å². The van der Waals surface area contributed by atoms with Gasteiger partial charge in [-0.15, -0.1) is 0 Å². The lowest BCUT2D eigenvalue weighted by Crippen LogP contribution is -2.12. The monoisotopic (exact) mass is 309 g/mol. The lowest BCUT2D eigenvalue weighted by atomic mass is 10.2. The molecule has 0 radical (unpaired) electrons. The molecular formula is C13H16FN5OS. The van der Waals surface area contributed by atoms with E-state index in [9.17, 15) is 9.18 Å². The lowest BCUT2D eigenvalue weighted by Gasteiger charge is -2.06. The molecule has 0 fully saturated rings. The number of nitrogens with zero attached hydrogens (tertiary/aromatic N) is 3. The van der Waals surface area contributed by atoms with Crippen molar-refractivity contribution >= 4 is 29.0 Å². The molecule has 0 aliphatic heterocycles. The van der Waals surface area contributed by atoms with E-state index >= 15 is 0 Å². The fraction of sp³-hybridized carbons (Fsp3) is 0.308. The van der Waals surface area contributed by atoms with Crippen LogP contribution in [0.2, 0.25) is 0 Å².